The summed E-state index contributed by atoms with van der Waals surface area (Å²) >= 11 is 0. The fourth-order valence-corrected chi connectivity index (χ4v) is 2.04. The summed E-state index contributed by atoms with van der Waals surface area (Å²) in [5, 5.41) is 2.79. The molecule has 0 heterocycles. The van der Waals surface area contributed by atoms with Gasteiger partial charge in [0.2, 0.25) is 11.8 Å². The molecule has 2 amide bonds. The van der Waals surface area contributed by atoms with Gasteiger partial charge in [0, 0.05) is 18.2 Å². The largest absolute Gasteiger partial charge is 0.496 e. The Morgan fingerprint density at radius 1 is 1.29 bits per heavy atom. The van der Waals surface area contributed by atoms with Crippen molar-refractivity contribution in [2.24, 2.45) is 0 Å². The second-order valence-corrected chi connectivity index (χ2v) is 5.12. The quantitative estimate of drug-likeness (QED) is 0.830. The van der Waals surface area contributed by atoms with Crippen molar-refractivity contribution in [2.45, 2.75) is 33.2 Å². The maximum Gasteiger partial charge on any atom is 0.239 e. The van der Waals surface area contributed by atoms with E-state index in [0.717, 1.165) is 5.56 Å². The van der Waals surface area contributed by atoms with Crippen LogP contribution >= 0.6 is 0 Å². The van der Waals surface area contributed by atoms with Crippen molar-refractivity contribution in [3.05, 3.63) is 29.8 Å². The summed E-state index contributed by atoms with van der Waals surface area (Å²) in [6.07, 6.45) is 0.229. The third-order valence-corrected chi connectivity index (χ3v) is 3.05. The second-order valence-electron chi connectivity index (χ2n) is 5.12. The van der Waals surface area contributed by atoms with Gasteiger partial charge in [0.1, 0.15) is 5.75 Å². The van der Waals surface area contributed by atoms with Crippen molar-refractivity contribution in [1.82, 2.24) is 10.2 Å². The molecule has 1 rings (SSSR count). The summed E-state index contributed by atoms with van der Waals surface area (Å²) < 4.78 is 5.24. The van der Waals surface area contributed by atoms with Crippen LogP contribution in [0.3, 0.4) is 0 Å². The average molecular weight is 292 g/mol. The molecule has 1 aromatic carbocycles. The predicted molar refractivity (Wildman–Crippen MR) is 82.2 cm³/mol. The molecular formula is C16H24N2O3. The number of ether oxygens (including phenoxy) is 1. The molecule has 21 heavy (non-hydrogen) atoms. The molecule has 0 saturated carbocycles. The summed E-state index contributed by atoms with van der Waals surface area (Å²) in [7, 11) is 1.58. The standard InChI is InChI=1S/C16H24N2O3/c1-5-18(11-15(19)17-12(2)3)16(20)10-13-8-6-7-9-14(13)21-4/h6-9,12H,5,10-11H2,1-4H3,(H,17,19). The van der Waals surface area contributed by atoms with Crippen LogP contribution in [0.5, 0.6) is 5.75 Å². The molecule has 0 aliphatic rings. The van der Waals surface area contributed by atoms with Gasteiger partial charge < -0.3 is 15.0 Å². The number of carbonyl (C=O) groups excluding carboxylic acids is 2. The Morgan fingerprint density at radius 2 is 1.95 bits per heavy atom. The molecule has 0 unspecified atom stereocenters. The fourth-order valence-electron chi connectivity index (χ4n) is 2.04. The van der Waals surface area contributed by atoms with Gasteiger partial charge >= 0.3 is 0 Å². The number of amides is 2. The third-order valence-electron chi connectivity index (χ3n) is 3.05. The van der Waals surface area contributed by atoms with E-state index >= 15 is 0 Å². The molecule has 0 bridgehead atoms. The Bertz CT molecular complexity index is 486. The number of carbonyl (C=O) groups is 2. The molecule has 0 saturated heterocycles. The predicted octanol–water partition coefficient (Wildman–Crippen LogP) is 1.61. The first-order valence-corrected chi connectivity index (χ1v) is 7.17. The topological polar surface area (TPSA) is 58.6 Å². The summed E-state index contributed by atoms with van der Waals surface area (Å²) in [5.41, 5.74) is 0.827. The number of hydrogen-bond acceptors (Lipinski definition) is 3. The fraction of sp³-hybridized carbons (Fsp3) is 0.500. The van der Waals surface area contributed by atoms with E-state index in [1.165, 1.54) is 0 Å². The SMILES string of the molecule is CCN(CC(=O)NC(C)C)C(=O)Cc1ccccc1OC. The first-order valence-electron chi connectivity index (χ1n) is 7.17. The number of para-hydroxylation sites is 1. The molecule has 0 atom stereocenters. The number of nitrogens with one attached hydrogen (secondary N) is 1. The van der Waals surface area contributed by atoms with E-state index in [1.807, 2.05) is 45.0 Å². The normalized spacial score (nSPS) is 10.3. The Labute approximate surface area is 126 Å². The highest BCUT2D eigenvalue weighted by molar-refractivity contribution is 5.86. The lowest BCUT2D eigenvalue weighted by Crippen LogP contribution is -2.43. The number of methoxy groups -OCH3 is 1. The van der Waals surface area contributed by atoms with Gasteiger partial charge in [-0.1, -0.05) is 18.2 Å². The summed E-state index contributed by atoms with van der Waals surface area (Å²) in [5.74, 6) is 0.467. The van der Waals surface area contributed by atoms with Crippen LogP contribution in [0.15, 0.2) is 24.3 Å². The van der Waals surface area contributed by atoms with Crippen LogP contribution < -0.4 is 10.1 Å². The Hall–Kier alpha value is -2.04. The highest BCUT2D eigenvalue weighted by Crippen LogP contribution is 2.18. The van der Waals surface area contributed by atoms with Crippen molar-refractivity contribution in [1.29, 1.82) is 0 Å². The summed E-state index contributed by atoms with van der Waals surface area (Å²) in [6, 6.07) is 7.48. The molecule has 1 N–H and O–H groups in total. The summed E-state index contributed by atoms with van der Waals surface area (Å²) in [4.78, 5) is 25.6. The van der Waals surface area contributed by atoms with Crippen molar-refractivity contribution >= 4 is 11.8 Å². The number of nitrogens with zero attached hydrogens (tertiary/aromatic N) is 1. The molecular weight excluding hydrogens is 268 g/mol. The third kappa shape index (κ3) is 5.45. The lowest BCUT2D eigenvalue weighted by molar-refractivity contribution is -0.135. The Balaban J connectivity index is 2.69. The number of likely N-dealkylation sites (N-methyl/N-ethyl adjacent to an activating group) is 1. The van der Waals surface area contributed by atoms with Crippen molar-refractivity contribution < 1.29 is 14.3 Å². The molecule has 0 spiro atoms. The molecule has 5 heteroatoms. The molecule has 1 aromatic rings. The van der Waals surface area contributed by atoms with Gasteiger partial charge in [-0.05, 0) is 26.8 Å². The monoisotopic (exact) mass is 292 g/mol. The van der Waals surface area contributed by atoms with Gasteiger partial charge in [0.15, 0.2) is 0 Å². The maximum absolute atomic E-state index is 12.3. The van der Waals surface area contributed by atoms with Gasteiger partial charge in [-0.25, -0.2) is 0 Å². The van der Waals surface area contributed by atoms with E-state index < -0.39 is 0 Å². The minimum Gasteiger partial charge on any atom is -0.496 e. The van der Waals surface area contributed by atoms with Gasteiger partial charge in [-0.3, -0.25) is 9.59 Å². The maximum atomic E-state index is 12.3. The minimum absolute atomic E-state index is 0.0699. The van der Waals surface area contributed by atoms with E-state index in [-0.39, 0.29) is 30.8 Å². The number of benzene rings is 1. The highest BCUT2D eigenvalue weighted by Gasteiger charge is 2.17. The molecule has 116 valence electrons. The lowest BCUT2D eigenvalue weighted by Gasteiger charge is -2.21. The minimum atomic E-state index is -0.139. The van der Waals surface area contributed by atoms with Crippen LogP contribution in [0.1, 0.15) is 26.3 Å². The second kappa shape index (κ2) is 8.29. The first-order chi connectivity index (χ1) is 9.97. The van der Waals surface area contributed by atoms with Crippen LogP contribution in [0, 0.1) is 0 Å². The molecule has 5 nitrogen and oxygen atoms in total. The van der Waals surface area contributed by atoms with E-state index in [1.54, 1.807) is 12.0 Å². The molecule has 0 aliphatic carbocycles. The van der Waals surface area contributed by atoms with Gasteiger partial charge in [0.25, 0.3) is 0 Å². The molecule has 0 fully saturated rings. The number of hydrogen-bond donors (Lipinski definition) is 1. The first kappa shape index (κ1) is 17.0. The van der Waals surface area contributed by atoms with Crippen LogP contribution in [0.2, 0.25) is 0 Å². The van der Waals surface area contributed by atoms with Crippen LogP contribution in [0.25, 0.3) is 0 Å². The van der Waals surface area contributed by atoms with Crippen LogP contribution in [-0.2, 0) is 16.0 Å². The molecule has 0 aliphatic heterocycles. The summed E-state index contributed by atoms with van der Waals surface area (Å²) in [6.45, 7) is 6.24. The van der Waals surface area contributed by atoms with Crippen LogP contribution in [0.4, 0.5) is 0 Å². The lowest BCUT2D eigenvalue weighted by atomic mass is 10.1. The van der Waals surface area contributed by atoms with Crippen molar-refractivity contribution in [3.8, 4) is 5.75 Å². The highest BCUT2D eigenvalue weighted by atomic mass is 16.5. The van der Waals surface area contributed by atoms with Gasteiger partial charge in [-0.15, -0.1) is 0 Å². The van der Waals surface area contributed by atoms with E-state index in [0.29, 0.717) is 12.3 Å². The Morgan fingerprint density at radius 3 is 2.52 bits per heavy atom. The van der Waals surface area contributed by atoms with Crippen molar-refractivity contribution in [2.75, 3.05) is 20.2 Å². The molecule has 0 radical (unpaired) electrons. The van der Waals surface area contributed by atoms with E-state index in [4.69, 9.17) is 4.74 Å². The zero-order valence-electron chi connectivity index (χ0n) is 13.2. The molecule has 0 aromatic heterocycles. The van der Waals surface area contributed by atoms with E-state index in [9.17, 15) is 9.59 Å². The Kier molecular flexibility index (Phi) is 6.72. The van der Waals surface area contributed by atoms with Gasteiger partial charge in [0.05, 0.1) is 20.1 Å². The van der Waals surface area contributed by atoms with E-state index in [2.05, 4.69) is 5.32 Å². The smallest absolute Gasteiger partial charge is 0.239 e. The average Bonchev–Trinajstić information content (AvgIpc) is 2.44. The zero-order valence-corrected chi connectivity index (χ0v) is 13.2. The van der Waals surface area contributed by atoms with Crippen LogP contribution in [-0.4, -0.2) is 43.0 Å². The number of rotatable bonds is 7. The van der Waals surface area contributed by atoms with Gasteiger partial charge in [-0.2, -0.15) is 0 Å². The van der Waals surface area contributed by atoms with Crippen molar-refractivity contribution in [3.63, 3.8) is 0 Å². The zero-order chi connectivity index (χ0) is 15.8.